The van der Waals surface area contributed by atoms with Crippen LogP contribution in [-0.4, -0.2) is 94.3 Å². The van der Waals surface area contributed by atoms with E-state index in [1.54, 1.807) is 39.8 Å². The van der Waals surface area contributed by atoms with Crippen LogP contribution in [0.1, 0.15) is 45.2 Å². The van der Waals surface area contributed by atoms with E-state index in [2.05, 4.69) is 74.5 Å². The number of benzene rings is 2. The van der Waals surface area contributed by atoms with Crippen LogP contribution in [0.25, 0.3) is 0 Å². The van der Waals surface area contributed by atoms with E-state index in [4.69, 9.17) is 10.8 Å². The Balaban J connectivity index is 0.000000778. The van der Waals surface area contributed by atoms with Crippen LogP contribution in [0, 0.1) is 5.92 Å². The van der Waals surface area contributed by atoms with Crippen LogP contribution in [-0.2, 0) is 41.6 Å². The van der Waals surface area contributed by atoms with Gasteiger partial charge in [0, 0.05) is 59.6 Å². The van der Waals surface area contributed by atoms with Crippen molar-refractivity contribution in [3.05, 3.63) is 71.8 Å². The molecule has 54 heavy (non-hydrogen) atoms. The van der Waals surface area contributed by atoms with Crippen LogP contribution >= 0.6 is 122 Å². The zero-order valence-electron chi connectivity index (χ0n) is 29.2. The summed E-state index contributed by atoms with van der Waals surface area (Å²) in [6, 6.07) is 16.2. The average Bonchev–Trinajstić information content (AvgIpc) is 3.51. The van der Waals surface area contributed by atoms with Crippen molar-refractivity contribution in [2.75, 3.05) is 0 Å². The molecule has 0 unspecified atom stereocenters. The molecular weight excluding hydrogens is 1420 g/mol. The third-order valence-electron chi connectivity index (χ3n) is 8.37. The van der Waals surface area contributed by atoms with Gasteiger partial charge in [0.15, 0.2) is 0 Å². The van der Waals surface area contributed by atoms with Crippen LogP contribution in [0.5, 0.6) is 0 Å². The number of Topliss-reactive ketones (excluding diaryl/α,β-unsaturated/α-hetero) is 1. The minimum atomic E-state index is -1.23. The summed E-state index contributed by atoms with van der Waals surface area (Å²) in [5.74, 6) is -4.17. The van der Waals surface area contributed by atoms with Gasteiger partial charge in [-0.2, -0.15) is 0 Å². The summed E-state index contributed by atoms with van der Waals surface area (Å²) < 4.78 is -1.12. The summed E-state index contributed by atoms with van der Waals surface area (Å²) in [5, 5.41) is 30.2. The Labute approximate surface area is 393 Å². The van der Waals surface area contributed by atoms with Crippen molar-refractivity contribution in [3.63, 3.8) is 0 Å². The molecule has 0 aromatic heterocycles. The van der Waals surface area contributed by atoms with Gasteiger partial charge in [0.25, 0.3) is 0 Å². The van der Waals surface area contributed by atoms with Gasteiger partial charge in [-0.25, -0.2) is 0 Å². The Bertz CT molecular complexity index is 1580. The number of carbonyl (C=O) groups excluding carboxylic acids is 5. The monoisotopic (exact) mass is 1460 g/mol. The van der Waals surface area contributed by atoms with E-state index >= 15 is 0 Å². The molecule has 6 atom stereocenters. The number of nitrogens with zero attached hydrogens (tertiary/aromatic N) is 2. The number of ketones is 1. The zero-order valence-corrected chi connectivity index (χ0v) is 43.9. The van der Waals surface area contributed by atoms with Gasteiger partial charge in [0.1, 0.15) is 17.2 Å². The van der Waals surface area contributed by atoms with Crippen molar-refractivity contribution in [2.24, 2.45) is 11.7 Å². The molecule has 304 valence electrons. The zero-order chi connectivity index (χ0) is 39.6. The number of hydrogen-bond donors (Lipinski definition) is 2. The van der Waals surface area contributed by atoms with Crippen molar-refractivity contribution < 1.29 is 62.8 Å². The molecule has 0 spiro atoms. The largest absolute Gasteiger partial charge is 0.481 e. The number of rotatable bonds is 8. The first-order chi connectivity index (χ1) is 24.4. The van der Waals surface area contributed by atoms with Gasteiger partial charge >= 0.3 is 56.5 Å². The fourth-order valence-electron chi connectivity index (χ4n) is 6.19. The van der Waals surface area contributed by atoms with Gasteiger partial charge in [-0.05, 0) is 38.8 Å². The molecule has 4 aliphatic rings. The summed E-state index contributed by atoms with van der Waals surface area (Å²) in [4.78, 5) is 71.0. The Morgan fingerprint density at radius 1 is 0.778 bits per heavy atom. The molecule has 4 aliphatic heterocycles. The second-order valence-electron chi connectivity index (χ2n) is 12.8. The first kappa shape index (κ1) is 54.5. The van der Waals surface area contributed by atoms with E-state index in [0.717, 1.165) is 11.1 Å². The Morgan fingerprint density at radius 3 is 1.54 bits per heavy atom. The predicted molar refractivity (Wildman–Crippen MR) is 246 cm³/mol. The molecule has 4 fully saturated rings. The number of β-lactam (4-membered cyclic amide) rings is 2. The number of carboxylic acid groups (broad SMARTS) is 3. The fraction of sp³-hybridized carbons (Fsp3) is 0.455. The molecule has 6 rings (SSSR count). The number of fused-ring (bicyclic) bond motifs is 2. The number of carboxylic acids is 3. The maximum atomic E-state index is 12.3. The molecule has 2 amide bonds. The smallest absolute Gasteiger partial charge is 0.307 e. The molecule has 0 radical (unpaired) electrons. The van der Waals surface area contributed by atoms with Crippen LogP contribution in [0.15, 0.2) is 60.7 Å². The van der Waals surface area contributed by atoms with E-state index in [9.17, 15) is 39.0 Å². The van der Waals surface area contributed by atoms with Gasteiger partial charge in [-0.1, -0.05) is 60.7 Å². The first-order valence-corrected chi connectivity index (χ1v) is 36.0. The number of nitrogens with two attached hydrogens (primary N) is 1. The maximum Gasteiger partial charge on any atom is 0.307 e. The molecule has 2 aromatic rings. The topological polar surface area (TPSA) is 233 Å². The minimum Gasteiger partial charge on any atom is -0.481 e. The summed E-state index contributed by atoms with van der Waals surface area (Å²) in [7, 11) is 0. The quantitative estimate of drug-likeness (QED) is 0.270. The van der Waals surface area contributed by atoms with E-state index < -0.39 is 51.4 Å². The summed E-state index contributed by atoms with van der Waals surface area (Å²) >= 11 is 12.4. The number of halogens is 6. The third kappa shape index (κ3) is 14.3. The van der Waals surface area contributed by atoms with Crippen molar-refractivity contribution in [3.8, 4) is 0 Å². The van der Waals surface area contributed by atoms with Crippen LogP contribution in [0.4, 0.5) is 0 Å². The van der Waals surface area contributed by atoms with Gasteiger partial charge in [-0.3, -0.25) is 19.2 Å². The number of amides is 2. The van der Waals surface area contributed by atoms with Gasteiger partial charge in [0.2, 0.25) is 11.8 Å². The number of carbonyl (C=O) groups is 6. The van der Waals surface area contributed by atoms with Gasteiger partial charge in [0.05, 0.1) is 41.7 Å². The Kier molecular flexibility index (Phi) is 25.4. The van der Waals surface area contributed by atoms with Gasteiger partial charge < -0.3 is 45.9 Å². The normalized spacial score (nSPS) is 24.4. The van der Waals surface area contributed by atoms with E-state index in [1.807, 2.05) is 48.5 Å². The molecular formula is C33H40I6N3O10S2-3. The Morgan fingerprint density at radius 2 is 1.15 bits per heavy atom. The SMILES string of the molecule is CC1(C)S[C@@H]2[C@H](CC(=O)Cc3ccccc3)C(=O)N2[C@H]1C(=O)[O-].CC1(C)S[C@@H]2[C@H](N)C(=O)N2[C@H]1C(=O)[O-].I.II.I[I-]I.O.O=C(O)Cc1ccccc1. The first-order valence-electron chi connectivity index (χ1n) is 15.4. The molecule has 0 bridgehead atoms. The number of aliphatic carboxylic acids is 3. The van der Waals surface area contributed by atoms with Crippen molar-refractivity contribution in [2.45, 2.75) is 85.3 Å². The van der Waals surface area contributed by atoms with E-state index in [1.165, 1.54) is 33.3 Å². The molecule has 5 N–H and O–H groups in total. The summed E-state index contributed by atoms with van der Waals surface area (Å²) in [6.07, 6.45) is 0.577. The van der Waals surface area contributed by atoms with Crippen LogP contribution in [0.2, 0.25) is 0 Å². The maximum absolute atomic E-state index is 12.3. The van der Waals surface area contributed by atoms with Crippen molar-refractivity contribution in [1.82, 2.24) is 9.80 Å². The van der Waals surface area contributed by atoms with E-state index in [0.29, 0.717) is 19.7 Å². The van der Waals surface area contributed by atoms with Crippen LogP contribution in [0.3, 0.4) is 0 Å². The standard InChI is InChI=1S/C17H19NO4S.C8H12N2O3S.C8H8O2.I3.I2.HI.H2O/c1-17(2)13(16(21)22)18-14(20)12(15(18)23-17)9-11(19)8-10-6-4-3-5-7-10;1-8(2)4(7(12)13)10-5(11)3(9)6(10)14-8;9-8(10)6-7-4-2-1-3-5-7;1-3-2;1-2;;/h3-7,12-13,15H,8-9H2,1-2H3,(H,21,22);3-4,6H,9H2,1-2H3,(H,12,13);1-5H,6H2,(H,9,10);;;1H;1H2/q;;;-1;;;/p-2/t12-,13+,15-;3-,4+,6-;;;;;/m11...../s1. The summed E-state index contributed by atoms with van der Waals surface area (Å²) in [5.41, 5.74) is 7.33. The molecule has 0 saturated carbocycles. The summed E-state index contributed by atoms with van der Waals surface area (Å²) in [6.45, 7) is 7.17. The van der Waals surface area contributed by atoms with Crippen molar-refractivity contribution >= 4 is 157 Å². The van der Waals surface area contributed by atoms with E-state index in [-0.39, 0.29) is 70.6 Å². The number of hydrogen-bond acceptors (Lipinski definition) is 11. The second-order valence-corrected chi connectivity index (χ2v) is 32.6. The average molecular weight is 1460 g/mol. The molecule has 4 heterocycles. The second kappa shape index (κ2) is 25.2. The minimum absolute atomic E-state index is 0. The molecule has 2 aromatic carbocycles. The number of thioether (sulfide) groups is 2. The third-order valence-corrected chi connectivity index (χ3v) is 11.6. The van der Waals surface area contributed by atoms with Gasteiger partial charge in [-0.15, -0.1) is 47.5 Å². The molecule has 0 aliphatic carbocycles. The predicted octanol–water partition coefficient (Wildman–Crippen LogP) is 0.396. The molecule has 4 saturated heterocycles. The van der Waals surface area contributed by atoms with Crippen LogP contribution < -0.4 is 29.2 Å². The molecule has 21 heteroatoms. The fourth-order valence-corrected chi connectivity index (χ4v) is 9.43. The molecule has 13 nitrogen and oxygen atoms in total. The Hall–Kier alpha value is 0.460. The van der Waals surface area contributed by atoms with Crippen molar-refractivity contribution in [1.29, 1.82) is 0 Å².